The molecule has 1 aliphatic rings. The summed E-state index contributed by atoms with van der Waals surface area (Å²) in [4.78, 5) is 12.4. The number of hydrogen-bond donors (Lipinski definition) is 3. The van der Waals surface area contributed by atoms with Gasteiger partial charge in [-0.05, 0) is 35.7 Å². The maximum atomic E-state index is 12.4. The van der Waals surface area contributed by atoms with Crippen molar-refractivity contribution in [3.63, 3.8) is 0 Å². The van der Waals surface area contributed by atoms with Crippen LogP contribution in [0.4, 0.5) is 17.1 Å². The lowest BCUT2D eigenvalue weighted by atomic mass is 10.1. The summed E-state index contributed by atoms with van der Waals surface area (Å²) in [5.74, 6) is -0.0336. The molecule has 6 heteroatoms. The molecule has 0 saturated heterocycles. The Hall–Kier alpha value is -3.19. The Morgan fingerprint density at radius 3 is 2.55 bits per heavy atom. The minimum atomic E-state index is -0.0336. The SMILES string of the molecule is CCc1cccc(NC(=O)Cc2ccc(C[NH+]3NN([O-])c4ccccc43)cc2)c1. The first-order valence-corrected chi connectivity index (χ1v) is 9.78. The number of hydrazine groups is 1. The van der Waals surface area contributed by atoms with Crippen molar-refractivity contribution in [3.8, 4) is 0 Å². The Kier molecular flexibility index (Phi) is 5.57. The Labute approximate surface area is 170 Å². The summed E-state index contributed by atoms with van der Waals surface area (Å²) in [5.41, 5.74) is 8.51. The lowest BCUT2D eigenvalue weighted by molar-refractivity contribution is -0.889. The van der Waals surface area contributed by atoms with E-state index in [2.05, 4.69) is 23.8 Å². The number of fused-ring (bicyclic) bond motifs is 1. The third kappa shape index (κ3) is 4.46. The van der Waals surface area contributed by atoms with Crippen molar-refractivity contribution in [3.05, 3.63) is 94.7 Å². The van der Waals surface area contributed by atoms with E-state index in [0.29, 0.717) is 18.7 Å². The van der Waals surface area contributed by atoms with Crippen molar-refractivity contribution >= 4 is 23.0 Å². The highest BCUT2D eigenvalue weighted by Gasteiger charge is 2.25. The number of nitrogens with one attached hydrogen (secondary N) is 3. The van der Waals surface area contributed by atoms with Crippen LogP contribution in [0, 0.1) is 5.21 Å². The van der Waals surface area contributed by atoms with Crippen molar-refractivity contribution < 1.29 is 9.80 Å². The fraction of sp³-hybridized carbons (Fsp3) is 0.174. The first kappa shape index (κ1) is 19.1. The molecule has 0 aliphatic carbocycles. The zero-order chi connectivity index (χ0) is 20.2. The minimum absolute atomic E-state index is 0.0336. The summed E-state index contributed by atoms with van der Waals surface area (Å²) in [5, 5.41) is 16.6. The van der Waals surface area contributed by atoms with Crippen LogP contribution in [0.3, 0.4) is 0 Å². The average Bonchev–Trinajstić information content (AvgIpc) is 3.05. The van der Waals surface area contributed by atoms with Gasteiger partial charge < -0.3 is 15.7 Å². The molecule has 6 nitrogen and oxygen atoms in total. The monoisotopic (exact) mass is 388 g/mol. The van der Waals surface area contributed by atoms with Crippen LogP contribution in [0.2, 0.25) is 0 Å². The number of anilines is 2. The smallest absolute Gasteiger partial charge is 0.228 e. The number of nitrogens with zero attached hydrogens (tertiary/aromatic N) is 1. The van der Waals surface area contributed by atoms with Crippen molar-refractivity contribution in [1.82, 2.24) is 5.53 Å². The largest absolute Gasteiger partial charge is 0.739 e. The van der Waals surface area contributed by atoms with E-state index in [1.165, 1.54) is 5.56 Å². The zero-order valence-electron chi connectivity index (χ0n) is 16.3. The second-order valence-electron chi connectivity index (χ2n) is 7.17. The summed E-state index contributed by atoms with van der Waals surface area (Å²) < 4.78 is 0. The van der Waals surface area contributed by atoms with E-state index in [1.807, 2.05) is 60.7 Å². The summed E-state index contributed by atoms with van der Waals surface area (Å²) in [7, 11) is 0. The van der Waals surface area contributed by atoms with E-state index in [1.54, 1.807) is 6.07 Å². The number of para-hydroxylation sites is 2. The number of aryl methyl sites for hydroxylation is 1. The molecular weight excluding hydrogens is 364 g/mol. The number of quaternary nitrogens is 1. The molecule has 0 fully saturated rings. The van der Waals surface area contributed by atoms with Crippen LogP contribution in [0.25, 0.3) is 0 Å². The molecule has 0 saturated carbocycles. The predicted molar refractivity (Wildman–Crippen MR) is 114 cm³/mol. The van der Waals surface area contributed by atoms with Crippen LogP contribution in [0.1, 0.15) is 23.6 Å². The van der Waals surface area contributed by atoms with Crippen LogP contribution < -0.4 is 21.0 Å². The number of carbonyl (C=O) groups excluding carboxylic acids is 1. The predicted octanol–water partition coefficient (Wildman–Crippen LogP) is 2.88. The van der Waals surface area contributed by atoms with Gasteiger partial charge in [-0.2, -0.15) is 0 Å². The van der Waals surface area contributed by atoms with Gasteiger partial charge in [-0.25, -0.2) is 5.01 Å². The summed E-state index contributed by atoms with van der Waals surface area (Å²) in [6, 6.07) is 23.4. The summed E-state index contributed by atoms with van der Waals surface area (Å²) in [6.07, 6.45) is 1.26. The van der Waals surface area contributed by atoms with Crippen LogP contribution in [-0.4, -0.2) is 5.91 Å². The van der Waals surface area contributed by atoms with E-state index in [0.717, 1.165) is 39.1 Å². The van der Waals surface area contributed by atoms with Gasteiger partial charge in [0.15, 0.2) is 5.69 Å². The van der Waals surface area contributed by atoms with Gasteiger partial charge in [0, 0.05) is 17.3 Å². The fourth-order valence-electron chi connectivity index (χ4n) is 3.52. The summed E-state index contributed by atoms with van der Waals surface area (Å²) in [6.45, 7) is 2.72. The molecule has 0 radical (unpaired) electrons. The highest BCUT2D eigenvalue weighted by molar-refractivity contribution is 5.92. The van der Waals surface area contributed by atoms with Gasteiger partial charge >= 0.3 is 0 Å². The Morgan fingerprint density at radius 2 is 1.76 bits per heavy atom. The molecule has 1 aliphatic heterocycles. The highest BCUT2D eigenvalue weighted by atomic mass is 16.6. The Balaban J connectivity index is 1.36. The molecule has 3 aromatic rings. The molecule has 1 unspecified atom stereocenters. The van der Waals surface area contributed by atoms with E-state index in [4.69, 9.17) is 0 Å². The molecule has 1 atom stereocenters. The summed E-state index contributed by atoms with van der Waals surface area (Å²) >= 11 is 0. The second kappa shape index (κ2) is 8.45. The van der Waals surface area contributed by atoms with Crippen LogP contribution in [-0.2, 0) is 24.2 Å². The van der Waals surface area contributed by atoms with Gasteiger partial charge in [0.2, 0.25) is 5.91 Å². The van der Waals surface area contributed by atoms with Crippen molar-refractivity contribution in [2.75, 3.05) is 10.5 Å². The standard InChI is InChI=1S/C23H23N4O2/c1-2-17-6-5-7-20(14-17)24-23(28)15-18-10-12-19(13-11-18)16-26-21-8-3-4-9-22(21)27(29)25-26/h3-14,25H,2,15-16H2,1H3,(H,24,28)/q-1/p+1. The molecule has 1 amide bonds. The lowest BCUT2D eigenvalue weighted by Gasteiger charge is -2.22. The van der Waals surface area contributed by atoms with Crippen molar-refractivity contribution in [2.45, 2.75) is 26.3 Å². The van der Waals surface area contributed by atoms with Gasteiger partial charge in [-0.1, -0.05) is 61.0 Å². The zero-order valence-corrected chi connectivity index (χ0v) is 16.3. The first-order chi connectivity index (χ1) is 14.1. The van der Waals surface area contributed by atoms with Gasteiger partial charge in [-0.15, -0.1) is 0 Å². The molecule has 4 rings (SSSR count). The number of rotatable bonds is 6. The minimum Gasteiger partial charge on any atom is -0.739 e. The molecule has 0 spiro atoms. The van der Waals surface area contributed by atoms with Crippen LogP contribution >= 0.6 is 0 Å². The Bertz CT molecular complexity index is 1000. The number of benzene rings is 3. The molecular formula is C23H24N4O2. The molecule has 3 N–H and O–H groups in total. The molecule has 0 bridgehead atoms. The van der Waals surface area contributed by atoms with E-state index >= 15 is 0 Å². The lowest BCUT2D eigenvalue weighted by Crippen LogP contribution is -3.12. The molecule has 3 aromatic carbocycles. The van der Waals surface area contributed by atoms with E-state index in [-0.39, 0.29) is 5.91 Å². The van der Waals surface area contributed by atoms with Gasteiger partial charge in [0.1, 0.15) is 12.2 Å². The molecule has 148 valence electrons. The average molecular weight is 388 g/mol. The fourth-order valence-corrected chi connectivity index (χ4v) is 3.52. The maximum Gasteiger partial charge on any atom is 0.228 e. The number of hydrogen-bond acceptors (Lipinski definition) is 4. The van der Waals surface area contributed by atoms with Gasteiger partial charge in [-0.3, -0.25) is 4.79 Å². The van der Waals surface area contributed by atoms with Gasteiger partial charge in [0.05, 0.1) is 6.42 Å². The third-order valence-electron chi connectivity index (χ3n) is 5.07. The number of amides is 1. The van der Waals surface area contributed by atoms with E-state index < -0.39 is 0 Å². The second-order valence-corrected chi connectivity index (χ2v) is 7.17. The van der Waals surface area contributed by atoms with Crippen molar-refractivity contribution in [1.29, 1.82) is 0 Å². The molecule has 0 aromatic heterocycles. The maximum absolute atomic E-state index is 12.4. The quantitative estimate of drug-likeness (QED) is 0.607. The van der Waals surface area contributed by atoms with Crippen molar-refractivity contribution in [2.24, 2.45) is 0 Å². The van der Waals surface area contributed by atoms with Crippen LogP contribution in [0.15, 0.2) is 72.8 Å². The van der Waals surface area contributed by atoms with Crippen LogP contribution in [0.5, 0.6) is 0 Å². The first-order valence-electron chi connectivity index (χ1n) is 9.78. The topological polar surface area (TPSA) is 71.9 Å². The molecule has 1 heterocycles. The Morgan fingerprint density at radius 1 is 1.00 bits per heavy atom. The molecule has 29 heavy (non-hydrogen) atoms. The van der Waals surface area contributed by atoms with E-state index in [9.17, 15) is 10.0 Å². The highest BCUT2D eigenvalue weighted by Crippen LogP contribution is 2.23. The third-order valence-corrected chi connectivity index (χ3v) is 5.07. The van der Waals surface area contributed by atoms with Gasteiger partial charge in [0.25, 0.3) is 0 Å². The normalized spacial score (nSPS) is 15.2. The number of carbonyl (C=O) groups is 1.